The van der Waals surface area contributed by atoms with Crippen LogP contribution in [0.1, 0.15) is 22.5 Å². The largest absolute Gasteiger partial charge is 0.303 e. The number of amides is 2. The number of imide groups is 1. The second kappa shape index (κ2) is 7.67. The lowest BCUT2D eigenvalue weighted by atomic mass is 10.2. The molecule has 29 heavy (non-hydrogen) atoms. The minimum Gasteiger partial charge on any atom is -0.303 e. The number of carbonyl (C=O) groups excluding carboxylic acids is 2. The maximum atomic E-state index is 13.1. The zero-order valence-electron chi connectivity index (χ0n) is 15.9. The number of benzene rings is 1. The average molecular weight is 407 g/mol. The van der Waals surface area contributed by atoms with Crippen molar-refractivity contribution in [2.24, 2.45) is 0 Å². The molecule has 0 radical (unpaired) electrons. The molecular weight excluding hydrogens is 389 g/mol. The Hall–Kier alpha value is -3.19. The summed E-state index contributed by atoms with van der Waals surface area (Å²) in [5, 5.41) is -0.330. The molecule has 3 heterocycles. The molecule has 2 amide bonds. The van der Waals surface area contributed by atoms with Gasteiger partial charge < -0.3 is 4.57 Å². The number of aryl methyl sites for hydroxylation is 1. The molecule has 0 bridgehead atoms. The summed E-state index contributed by atoms with van der Waals surface area (Å²) in [4.78, 5) is 31.1. The SMILES string of the molecule is Cc1cc(/C=C2\SC(=O)N(Cc3ccc(F)cc3)C2=O)c(C)n1-c1ccccn1. The zero-order valence-corrected chi connectivity index (χ0v) is 16.7. The number of hydrogen-bond donors (Lipinski definition) is 0. The van der Waals surface area contributed by atoms with Gasteiger partial charge in [0.1, 0.15) is 11.6 Å². The number of nitrogens with zero attached hydrogens (tertiary/aromatic N) is 3. The highest BCUT2D eigenvalue weighted by atomic mass is 32.2. The van der Waals surface area contributed by atoms with E-state index in [9.17, 15) is 14.0 Å². The van der Waals surface area contributed by atoms with E-state index in [0.717, 1.165) is 34.5 Å². The topological polar surface area (TPSA) is 55.2 Å². The van der Waals surface area contributed by atoms with Crippen molar-refractivity contribution in [3.63, 3.8) is 0 Å². The molecule has 0 unspecified atom stereocenters. The molecule has 1 aliphatic rings. The van der Waals surface area contributed by atoms with Gasteiger partial charge in [-0.2, -0.15) is 0 Å². The van der Waals surface area contributed by atoms with Crippen molar-refractivity contribution in [2.45, 2.75) is 20.4 Å². The maximum absolute atomic E-state index is 13.1. The van der Waals surface area contributed by atoms with Gasteiger partial charge in [-0.25, -0.2) is 9.37 Å². The molecule has 7 heteroatoms. The Morgan fingerprint density at radius 1 is 1.10 bits per heavy atom. The summed E-state index contributed by atoms with van der Waals surface area (Å²) in [6, 6.07) is 13.4. The summed E-state index contributed by atoms with van der Waals surface area (Å²) < 4.78 is 15.1. The van der Waals surface area contributed by atoms with E-state index in [2.05, 4.69) is 4.98 Å². The van der Waals surface area contributed by atoms with Crippen molar-refractivity contribution in [3.05, 3.63) is 88.0 Å². The van der Waals surface area contributed by atoms with Gasteiger partial charge >= 0.3 is 0 Å². The first-order chi connectivity index (χ1) is 13.9. The van der Waals surface area contributed by atoms with Gasteiger partial charge in [0.2, 0.25) is 0 Å². The van der Waals surface area contributed by atoms with Crippen LogP contribution in [0.4, 0.5) is 9.18 Å². The van der Waals surface area contributed by atoms with Crippen LogP contribution in [0, 0.1) is 19.7 Å². The fourth-order valence-corrected chi connectivity index (χ4v) is 4.15. The van der Waals surface area contributed by atoms with E-state index in [1.807, 2.05) is 42.7 Å². The lowest BCUT2D eigenvalue weighted by molar-refractivity contribution is -0.123. The summed E-state index contributed by atoms with van der Waals surface area (Å²) >= 11 is 0.918. The van der Waals surface area contributed by atoms with Gasteiger partial charge in [0, 0.05) is 17.6 Å². The minimum absolute atomic E-state index is 0.120. The van der Waals surface area contributed by atoms with E-state index in [1.54, 1.807) is 24.4 Å². The molecule has 0 aliphatic carbocycles. The van der Waals surface area contributed by atoms with Crippen LogP contribution in [-0.4, -0.2) is 25.6 Å². The number of pyridine rings is 1. The molecule has 0 spiro atoms. The quantitative estimate of drug-likeness (QED) is 0.580. The Bertz CT molecular complexity index is 1120. The normalized spacial score (nSPS) is 15.6. The molecular formula is C22H18FN3O2S. The van der Waals surface area contributed by atoms with E-state index >= 15 is 0 Å². The Kier molecular flexibility index (Phi) is 5.07. The first-order valence-electron chi connectivity index (χ1n) is 9.04. The molecule has 1 fully saturated rings. The van der Waals surface area contributed by atoms with Crippen LogP contribution in [0.2, 0.25) is 0 Å². The van der Waals surface area contributed by atoms with Crippen LogP contribution in [0.15, 0.2) is 59.6 Å². The number of halogens is 1. The first kappa shape index (κ1) is 19.1. The third kappa shape index (κ3) is 3.73. The first-order valence-corrected chi connectivity index (χ1v) is 9.86. The Morgan fingerprint density at radius 3 is 2.55 bits per heavy atom. The Morgan fingerprint density at radius 2 is 1.86 bits per heavy atom. The molecule has 1 aromatic carbocycles. The van der Waals surface area contributed by atoms with Crippen molar-refractivity contribution < 1.29 is 14.0 Å². The van der Waals surface area contributed by atoms with Crippen molar-refractivity contribution >= 4 is 29.0 Å². The van der Waals surface area contributed by atoms with E-state index in [1.165, 1.54) is 17.0 Å². The van der Waals surface area contributed by atoms with Crippen molar-refractivity contribution in [3.8, 4) is 5.82 Å². The fraction of sp³-hybridized carbons (Fsp3) is 0.136. The van der Waals surface area contributed by atoms with Crippen LogP contribution in [0.3, 0.4) is 0 Å². The molecule has 146 valence electrons. The third-order valence-corrected chi connectivity index (χ3v) is 5.67. The predicted molar refractivity (Wildman–Crippen MR) is 111 cm³/mol. The molecule has 0 N–H and O–H groups in total. The Balaban J connectivity index is 1.62. The molecule has 2 aromatic heterocycles. The number of carbonyl (C=O) groups is 2. The highest BCUT2D eigenvalue weighted by Gasteiger charge is 2.35. The number of rotatable bonds is 4. The summed E-state index contributed by atoms with van der Waals surface area (Å²) in [5.74, 6) is 0.101. The van der Waals surface area contributed by atoms with E-state index < -0.39 is 0 Å². The van der Waals surface area contributed by atoms with Crippen LogP contribution in [0.5, 0.6) is 0 Å². The molecule has 0 saturated carbocycles. The van der Waals surface area contributed by atoms with Gasteiger partial charge in [-0.05, 0) is 73.1 Å². The molecule has 1 aliphatic heterocycles. The summed E-state index contributed by atoms with van der Waals surface area (Å²) in [5.41, 5.74) is 3.48. The summed E-state index contributed by atoms with van der Waals surface area (Å²) in [6.45, 7) is 4.05. The van der Waals surface area contributed by atoms with E-state index in [4.69, 9.17) is 0 Å². The smallest absolute Gasteiger partial charge is 0.293 e. The van der Waals surface area contributed by atoms with Crippen LogP contribution in [-0.2, 0) is 11.3 Å². The number of hydrogen-bond acceptors (Lipinski definition) is 4. The lowest BCUT2D eigenvalue weighted by Gasteiger charge is -2.12. The standard InChI is InChI=1S/C22H18FN3O2S/c1-14-11-17(15(2)26(14)20-5-3-4-10-24-20)12-19-21(27)25(22(28)29-19)13-16-6-8-18(23)9-7-16/h3-12H,13H2,1-2H3/b19-12-. The molecule has 4 rings (SSSR count). The second-order valence-electron chi connectivity index (χ2n) is 6.74. The molecule has 3 aromatic rings. The van der Waals surface area contributed by atoms with Crippen LogP contribution >= 0.6 is 11.8 Å². The third-order valence-electron chi connectivity index (χ3n) is 4.76. The second-order valence-corrected chi connectivity index (χ2v) is 7.74. The van der Waals surface area contributed by atoms with Crippen molar-refractivity contribution in [1.82, 2.24) is 14.5 Å². The van der Waals surface area contributed by atoms with Gasteiger partial charge in [0.05, 0.1) is 11.4 Å². The summed E-state index contributed by atoms with van der Waals surface area (Å²) in [7, 11) is 0. The number of thioether (sulfide) groups is 1. The van der Waals surface area contributed by atoms with Crippen LogP contribution < -0.4 is 0 Å². The summed E-state index contributed by atoms with van der Waals surface area (Å²) in [6.07, 6.45) is 3.48. The van der Waals surface area contributed by atoms with Crippen molar-refractivity contribution in [2.75, 3.05) is 0 Å². The van der Waals surface area contributed by atoms with E-state index in [0.29, 0.717) is 10.5 Å². The minimum atomic E-state index is -0.356. The molecule has 0 atom stereocenters. The van der Waals surface area contributed by atoms with Crippen molar-refractivity contribution in [1.29, 1.82) is 0 Å². The highest BCUT2D eigenvalue weighted by Crippen LogP contribution is 2.34. The zero-order chi connectivity index (χ0) is 20.5. The van der Waals surface area contributed by atoms with Gasteiger partial charge in [0.25, 0.3) is 11.1 Å². The average Bonchev–Trinajstić information content (AvgIpc) is 3.14. The predicted octanol–water partition coefficient (Wildman–Crippen LogP) is 4.86. The number of aromatic nitrogens is 2. The van der Waals surface area contributed by atoms with Gasteiger partial charge in [-0.3, -0.25) is 14.5 Å². The van der Waals surface area contributed by atoms with Crippen LogP contribution in [0.25, 0.3) is 11.9 Å². The molecule has 5 nitrogen and oxygen atoms in total. The Labute approximate surface area is 171 Å². The van der Waals surface area contributed by atoms with Gasteiger partial charge in [-0.1, -0.05) is 18.2 Å². The monoisotopic (exact) mass is 407 g/mol. The fourth-order valence-electron chi connectivity index (χ4n) is 3.32. The maximum Gasteiger partial charge on any atom is 0.293 e. The van der Waals surface area contributed by atoms with E-state index in [-0.39, 0.29) is 23.5 Å². The lowest BCUT2D eigenvalue weighted by Crippen LogP contribution is -2.27. The van der Waals surface area contributed by atoms with Gasteiger partial charge in [-0.15, -0.1) is 0 Å². The van der Waals surface area contributed by atoms with Gasteiger partial charge in [0.15, 0.2) is 0 Å². The highest BCUT2D eigenvalue weighted by molar-refractivity contribution is 8.18. The molecule has 1 saturated heterocycles.